The van der Waals surface area contributed by atoms with E-state index in [9.17, 15) is 0 Å². The van der Waals surface area contributed by atoms with Gasteiger partial charge in [0.05, 0.1) is 18.7 Å². The minimum atomic E-state index is 0.423. The van der Waals surface area contributed by atoms with Crippen molar-refractivity contribution in [1.29, 1.82) is 5.26 Å². The summed E-state index contributed by atoms with van der Waals surface area (Å²) in [6.45, 7) is 1.70. The molecule has 1 aromatic rings. The first kappa shape index (κ1) is 11.7. The largest absolute Gasteiger partial charge is 0.497 e. The molecule has 90 valence electrons. The second kappa shape index (κ2) is 5.55. The van der Waals surface area contributed by atoms with Gasteiger partial charge in [0, 0.05) is 12.1 Å². The average Bonchev–Trinajstić information content (AvgIpc) is 2.89. The molecular formula is C13H16N2O2. The predicted molar refractivity (Wildman–Crippen MR) is 64.2 cm³/mol. The van der Waals surface area contributed by atoms with E-state index in [0.29, 0.717) is 29.7 Å². The van der Waals surface area contributed by atoms with Gasteiger partial charge in [0.1, 0.15) is 18.1 Å². The van der Waals surface area contributed by atoms with Crippen molar-refractivity contribution < 1.29 is 9.47 Å². The minimum absolute atomic E-state index is 0.423. The summed E-state index contributed by atoms with van der Waals surface area (Å²) in [5, 5.41) is 12.3. The number of rotatable bonds is 4. The Morgan fingerprint density at radius 1 is 1.41 bits per heavy atom. The molecule has 1 aliphatic rings. The van der Waals surface area contributed by atoms with Crippen LogP contribution in [0.5, 0.6) is 11.5 Å². The fourth-order valence-electron chi connectivity index (χ4n) is 1.93. The van der Waals surface area contributed by atoms with E-state index in [2.05, 4.69) is 11.4 Å². The lowest BCUT2D eigenvalue weighted by Gasteiger charge is -2.13. The first-order valence-electron chi connectivity index (χ1n) is 5.77. The van der Waals surface area contributed by atoms with Crippen molar-refractivity contribution >= 4 is 0 Å². The van der Waals surface area contributed by atoms with Gasteiger partial charge in [0.25, 0.3) is 0 Å². The molecule has 1 N–H and O–H groups in total. The van der Waals surface area contributed by atoms with Gasteiger partial charge in [-0.1, -0.05) is 0 Å². The maximum absolute atomic E-state index is 8.89. The van der Waals surface area contributed by atoms with Crippen molar-refractivity contribution in [3.63, 3.8) is 0 Å². The molecule has 1 aliphatic heterocycles. The summed E-state index contributed by atoms with van der Waals surface area (Å²) in [6.07, 6.45) is 2.35. The Morgan fingerprint density at radius 3 is 2.88 bits per heavy atom. The zero-order valence-electron chi connectivity index (χ0n) is 9.90. The lowest BCUT2D eigenvalue weighted by atomic mass is 10.2. The third-order valence-electron chi connectivity index (χ3n) is 2.86. The molecule has 1 atom stereocenters. The Bertz CT molecular complexity index is 420. The summed E-state index contributed by atoms with van der Waals surface area (Å²) < 4.78 is 10.8. The molecule has 4 nitrogen and oxygen atoms in total. The third kappa shape index (κ3) is 3.11. The standard InChI is InChI=1S/C13H16N2O2/c1-16-12-5-10(8-14)6-13(7-12)17-9-11-3-2-4-15-11/h5-7,11,15H,2-4,9H2,1H3/t11-/m0/s1. The number of hydrogen-bond acceptors (Lipinski definition) is 4. The van der Waals surface area contributed by atoms with Crippen molar-refractivity contribution in [3.05, 3.63) is 23.8 Å². The normalized spacial score (nSPS) is 18.7. The molecule has 0 aromatic heterocycles. The molecule has 1 heterocycles. The van der Waals surface area contributed by atoms with Crippen LogP contribution in [0.3, 0.4) is 0 Å². The molecular weight excluding hydrogens is 216 g/mol. The lowest BCUT2D eigenvalue weighted by Crippen LogP contribution is -2.28. The van der Waals surface area contributed by atoms with Gasteiger partial charge >= 0.3 is 0 Å². The van der Waals surface area contributed by atoms with Crippen LogP contribution >= 0.6 is 0 Å². The molecule has 0 aliphatic carbocycles. The third-order valence-corrected chi connectivity index (χ3v) is 2.86. The summed E-state index contributed by atoms with van der Waals surface area (Å²) in [6, 6.07) is 7.75. The fourth-order valence-corrected chi connectivity index (χ4v) is 1.93. The van der Waals surface area contributed by atoms with E-state index in [4.69, 9.17) is 14.7 Å². The molecule has 1 aromatic carbocycles. The van der Waals surface area contributed by atoms with E-state index in [0.717, 1.165) is 13.0 Å². The maximum atomic E-state index is 8.89. The molecule has 0 bridgehead atoms. The Labute approximate surface area is 101 Å². The summed E-state index contributed by atoms with van der Waals surface area (Å²) in [5.74, 6) is 1.34. The highest BCUT2D eigenvalue weighted by Gasteiger charge is 2.14. The number of nitrogens with zero attached hydrogens (tertiary/aromatic N) is 1. The van der Waals surface area contributed by atoms with E-state index in [1.807, 2.05) is 0 Å². The molecule has 4 heteroatoms. The number of ether oxygens (including phenoxy) is 2. The average molecular weight is 232 g/mol. The van der Waals surface area contributed by atoms with Crippen LogP contribution in [0.15, 0.2) is 18.2 Å². The summed E-state index contributed by atoms with van der Waals surface area (Å²) >= 11 is 0. The number of hydrogen-bond donors (Lipinski definition) is 1. The number of methoxy groups -OCH3 is 1. The maximum Gasteiger partial charge on any atom is 0.124 e. The van der Waals surface area contributed by atoms with Gasteiger partial charge in [-0.05, 0) is 31.5 Å². The SMILES string of the molecule is COc1cc(C#N)cc(OC[C@@H]2CCCN2)c1. The summed E-state index contributed by atoms with van der Waals surface area (Å²) in [7, 11) is 1.58. The van der Waals surface area contributed by atoms with Gasteiger partial charge in [0.15, 0.2) is 0 Å². The van der Waals surface area contributed by atoms with Crippen molar-refractivity contribution in [2.75, 3.05) is 20.3 Å². The van der Waals surface area contributed by atoms with Crippen molar-refractivity contribution in [2.45, 2.75) is 18.9 Å². The van der Waals surface area contributed by atoms with E-state index < -0.39 is 0 Å². The smallest absolute Gasteiger partial charge is 0.124 e. The Balaban J connectivity index is 2.01. The van der Waals surface area contributed by atoms with Crippen LogP contribution in [0.25, 0.3) is 0 Å². The molecule has 0 unspecified atom stereocenters. The lowest BCUT2D eigenvalue weighted by molar-refractivity contribution is 0.275. The topological polar surface area (TPSA) is 54.3 Å². The fraction of sp³-hybridized carbons (Fsp3) is 0.462. The molecule has 0 amide bonds. The Kier molecular flexibility index (Phi) is 3.84. The van der Waals surface area contributed by atoms with Gasteiger partial charge in [0.2, 0.25) is 0 Å². The number of nitrogens with one attached hydrogen (secondary N) is 1. The van der Waals surface area contributed by atoms with Crippen molar-refractivity contribution in [2.24, 2.45) is 0 Å². The molecule has 17 heavy (non-hydrogen) atoms. The van der Waals surface area contributed by atoms with Gasteiger partial charge in [-0.15, -0.1) is 0 Å². The predicted octanol–water partition coefficient (Wildman–Crippen LogP) is 1.70. The molecule has 1 saturated heterocycles. The first-order valence-corrected chi connectivity index (χ1v) is 5.77. The van der Waals surface area contributed by atoms with Crippen LogP contribution in [-0.2, 0) is 0 Å². The molecule has 0 radical (unpaired) electrons. The first-order chi connectivity index (χ1) is 8.31. The van der Waals surface area contributed by atoms with Gasteiger partial charge in [-0.2, -0.15) is 5.26 Å². The van der Waals surface area contributed by atoms with Crippen LogP contribution in [0.4, 0.5) is 0 Å². The van der Waals surface area contributed by atoms with E-state index >= 15 is 0 Å². The van der Waals surface area contributed by atoms with E-state index in [1.165, 1.54) is 6.42 Å². The molecule has 1 fully saturated rings. The van der Waals surface area contributed by atoms with E-state index in [1.54, 1.807) is 25.3 Å². The molecule has 2 rings (SSSR count). The summed E-state index contributed by atoms with van der Waals surface area (Å²) in [4.78, 5) is 0. The highest BCUT2D eigenvalue weighted by Crippen LogP contribution is 2.22. The molecule has 0 saturated carbocycles. The van der Waals surface area contributed by atoms with Gasteiger partial charge < -0.3 is 14.8 Å². The zero-order chi connectivity index (χ0) is 12.1. The number of nitriles is 1. The van der Waals surface area contributed by atoms with Crippen LogP contribution in [-0.4, -0.2) is 26.3 Å². The van der Waals surface area contributed by atoms with Crippen molar-refractivity contribution in [3.8, 4) is 17.6 Å². The summed E-state index contributed by atoms with van der Waals surface area (Å²) in [5.41, 5.74) is 0.554. The highest BCUT2D eigenvalue weighted by molar-refractivity contribution is 5.43. The second-order valence-electron chi connectivity index (χ2n) is 4.11. The van der Waals surface area contributed by atoms with Crippen LogP contribution in [0, 0.1) is 11.3 Å². The van der Waals surface area contributed by atoms with Crippen LogP contribution < -0.4 is 14.8 Å². The van der Waals surface area contributed by atoms with E-state index in [-0.39, 0.29) is 0 Å². The Hall–Kier alpha value is -1.73. The van der Waals surface area contributed by atoms with Gasteiger partial charge in [-0.3, -0.25) is 0 Å². The highest BCUT2D eigenvalue weighted by atomic mass is 16.5. The number of benzene rings is 1. The molecule has 0 spiro atoms. The van der Waals surface area contributed by atoms with Crippen LogP contribution in [0.1, 0.15) is 18.4 Å². The minimum Gasteiger partial charge on any atom is -0.497 e. The zero-order valence-corrected chi connectivity index (χ0v) is 9.90. The quantitative estimate of drug-likeness (QED) is 0.858. The van der Waals surface area contributed by atoms with Crippen molar-refractivity contribution in [1.82, 2.24) is 5.32 Å². The monoisotopic (exact) mass is 232 g/mol. The van der Waals surface area contributed by atoms with Crippen LogP contribution in [0.2, 0.25) is 0 Å². The Morgan fingerprint density at radius 2 is 2.24 bits per heavy atom. The van der Waals surface area contributed by atoms with Gasteiger partial charge in [-0.25, -0.2) is 0 Å². The second-order valence-corrected chi connectivity index (χ2v) is 4.11.